The summed E-state index contributed by atoms with van der Waals surface area (Å²) in [4.78, 5) is 19.0. The average Bonchev–Trinajstić information content (AvgIpc) is 2.58. The third-order valence-electron chi connectivity index (χ3n) is 4.02. The van der Waals surface area contributed by atoms with Gasteiger partial charge >= 0.3 is 0 Å². The quantitative estimate of drug-likeness (QED) is 0.378. The Hall–Kier alpha value is -0.960. The number of hydrogen-bond acceptors (Lipinski definition) is 3. The Bertz CT molecular complexity index is 604. The summed E-state index contributed by atoms with van der Waals surface area (Å²) in [7, 11) is 0. The number of carbonyl (C=O) groups excluding carboxylic acids is 1. The van der Waals surface area contributed by atoms with Crippen LogP contribution in [-0.2, 0) is 6.54 Å². The van der Waals surface area contributed by atoms with Gasteiger partial charge in [0.05, 0.1) is 6.54 Å². The topological polar surface area (TPSA) is 56.7 Å². The number of rotatable bonds is 5. The molecule has 5 nitrogen and oxygen atoms in total. The van der Waals surface area contributed by atoms with Crippen molar-refractivity contribution in [3.63, 3.8) is 0 Å². The number of amides is 1. The van der Waals surface area contributed by atoms with Crippen molar-refractivity contribution in [1.29, 1.82) is 0 Å². The summed E-state index contributed by atoms with van der Waals surface area (Å²) in [6.45, 7) is 12.7. The Balaban J connectivity index is 0.00000338. The van der Waals surface area contributed by atoms with E-state index in [2.05, 4.69) is 36.3 Å². The molecule has 1 aromatic rings. The van der Waals surface area contributed by atoms with Gasteiger partial charge in [0, 0.05) is 42.2 Å². The molecule has 1 aliphatic rings. The number of guanidine groups is 1. The van der Waals surface area contributed by atoms with Crippen molar-refractivity contribution < 1.29 is 4.79 Å². The van der Waals surface area contributed by atoms with Crippen molar-refractivity contribution in [2.24, 2.45) is 4.99 Å². The van der Waals surface area contributed by atoms with E-state index in [4.69, 9.17) is 4.99 Å². The van der Waals surface area contributed by atoms with Gasteiger partial charge in [-0.15, -0.1) is 24.0 Å². The second-order valence-electron chi connectivity index (χ2n) is 6.76. The molecule has 0 aromatic heterocycles. The molecule has 1 aromatic carbocycles. The smallest absolute Gasteiger partial charge is 0.251 e. The molecule has 1 aliphatic heterocycles. The van der Waals surface area contributed by atoms with Crippen molar-refractivity contribution in [2.75, 3.05) is 31.9 Å². The molecule has 26 heavy (non-hydrogen) atoms. The molecule has 0 atom stereocenters. The Labute approximate surface area is 178 Å². The van der Waals surface area contributed by atoms with Crippen LogP contribution in [0.5, 0.6) is 0 Å². The van der Waals surface area contributed by atoms with Crippen molar-refractivity contribution in [1.82, 2.24) is 15.5 Å². The third-order valence-corrected chi connectivity index (χ3v) is 5.32. The molecule has 0 unspecified atom stereocenters. The van der Waals surface area contributed by atoms with E-state index in [0.29, 0.717) is 18.7 Å². The Kier molecular flexibility index (Phi) is 9.78. The molecule has 0 saturated carbocycles. The molecular weight excluding hydrogens is 459 g/mol. The van der Waals surface area contributed by atoms with Gasteiger partial charge in [0.1, 0.15) is 0 Å². The van der Waals surface area contributed by atoms with Crippen LogP contribution in [0.2, 0.25) is 0 Å². The van der Waals surface area contributed by atoms with Gasteiger partial charge in [0.2, 0.25) is 0 Å². The Morgan fingerprint density at radius 1 is 1.19 bits per heavy atom. The lowest BCUT2D eigenvalue weighted by Gasteiger charge is -2.39. The van der Waals surface area contributed by atoms with Gasteiger partial charge in [-0.3, -0.25) is 4.79 Å². The summed E-state index contributed by atoms with van der Waals surface area (Å²) in [5.41, 5.74) is 1.80. The molecule has 0 bridgehead atoms. The molecule has 1 fully saturated rings. The SMILES string of the molecule is CCNC(=O)c1ccc(CN=C(NCC)N2CCSC(C)(C)C2)cc1.I. The molecule has 0 aliphatic carbocycles. The molecule has 1 amide bonds. The number of benzene rings is 1. The maximum absolute atomic E-state index is 11.8. The van der Waals surface area contributed by atoms with E-state index in [1.54, 1.807) is 0 Å². The highest BCUT2D eigenvalue weighted by molar-refractivity contribution is 14.0. The summed E-state index contributed by atoms with van der Waals surface area (Å²) in [5, 5.41) is 6.22. The second-order valence-corrected chi connectivity index (χ2v) is 8.56. The molecule has 2 N–H and O–H groups in total. The van der Waals surface area contributed by atoms with E-state index < -0.39 is 0 Å². The molecule has 2 rings (SSSR count). The summed E-state index contributed by atoms with van der Waals surface area (Å²) in [6, 6.07) is 7.69. The fourth-order valence-electron chi connectivity index (χ4n) is 2.81. The zero-order valence-corrected chi connectivity index (χ0v) is 19.3. The second kappa shape index (κ2) is 11.0. The molecule has 0 radical (unpaired) electrons. The van der Waals surface area contributed by atoms with E-state index in [0.717, 1.165) is 36.9 Å². The molecule has 1 heterocycles. The predicted octanol–water partition coefficient (Wildman–Crippen LogP) is 3.35. The van der Waals surface area contributed by atoms with Crippen molar-refractivity contribution in [2.45, 2.75) is 39.0 Å². The van der Waals surface area contributed by atoms with E-state index in [1.165, 1.54) is 0 Å². The van der Waals surface area contributed by atoms with Gasteiger partial charge in [-0.25, -0.2) is 4.99 Å². The summed E-state index contributed by atoms with van der Waals surface area (Å²) in [5.74, 6) is 2.07. The van der Waals surface area contributed by atoms with Crippen LogP contribution in [0.4, 0.5) is 0 Å². The summed E-state index contributed by atoms with van der Waals surface area (Å²) < 4.78 is 0.253. The van der Waals surface area contributed by atoms with Crippen molar-refractivity contribution in [3.8, 4) is 0 Å². The number of carbonyl (C=O) groups is 1. The largest absolute Gasteiger partial charge is 0.357 e. The monoisotopic (exact) mass is 490 g/mol. The zero-order chi connectivity index (χ0) is 18.3. The molecule has 146 valence electrons. The fraction of sp³-hybridized carbons (Fsp3) is 0.579. The highest BCUT2D eigenvalue weighted by Gasteiger charge is 2.28. The summed E-state index contributed by atoms with van der Waals surface area (Å²) in [6.07, 6.45) is 0. The lowest BCUT2D eigenvalue weighted by molar-refractivity contribution is 0.0956. The predicted molar refractivity (Wildman–Crippen MR) is 123 cm³/mol. The maximum atomic E-state index is 11.8. The van der Waals surface area contributed by atoms with Crippen LogP contribution in [0.15, 0.2) is 29.3 Å². The molecule has 1 saturated heterocycles. The average molecular weight is 490 g/mol. The lowest BCUT2D eigenvalue weighted by Crippen LogP contribution is -2.50. The Morgan fingerprint density at radius 2 is 1.85 bits per heavy atom. The third kappa shape index (κ3) is 6.98. The first-order chi connectivity index (χ1) is 11.9. The normalized spacial score (nSPS) is 16.6. The number of nitrogens with zero attached hydrogens (tertiary/aromatic N) is 2. The van der Waals surface area contributed by atoms with Gasteiger partial charge in [-0.1, -0.05) is 12.1 Å². The number of thioether (sulfide) groups is 1. The van der Waals surface area contributed by atoms with Crippen LogP contribution < -0.4 is 10.6 Å². The zero-order valence-electron chi connectivity index (χ0n) is 16.2. The van der Waals surface area contributed by atoms with Gasteiger partial charge < -0.3 is 15.5 Å². The minimum Gasteiger partial charge on any atom is -0.357 e. The van der Waals surface area contributed by atoms with Crippen LogP contribution in [0, 0.1) is 0 Å². The van der Waals surface area contributed by atoms with E-state index in [9.17, 15) is 4.79 Å². The number of aliphatic imine (C=N–C) groups is 1. The van der Waals surface area contributed by atoms with E-state index in [1.807, 2.05) is 43.0 Å². The van der Waals surface area contributed by atoms with Gasteiger partial charge in [0.25, 0.3) is 5.91 Å². The van der Waals surface area contributed by atoms with Gasteiger partial charge in [-0.2, -0.15) is 11.8 Å². The van der Waals surface area contributed by atoms with Gasteiger partial charge in [0.15, 0.2) is 5.96 Å². The Morgan fingerprint density at radius 3 is 2.42 bits per heavy atom. The number of hydrogen-bond donors (Lipinski definition) is 2. The minimum absolute atomic E-state index is 0. The first-order valence-corrected chi connectivity index (χ1v) is 9.98. The highest BCUT2D eigenvalue weighted by Crippen LogP contribution is 2.29. The van der Waals surface area contributed by atoms with Crippen LogP contribution in [0.25, 0.3) is 0 Å². The van der Waals surface area contributed by atoms with E-state index in [-0.39, 0.29) is 34.6 Å². The molecule has 0 spiro atoms. The van der Waals surface area contributed by atoms with Crippen molar-refractivity contribution >= 4 is 47.6 Å². The standard InChI is InChI=1S/C19H30N4OS.HI/c1-5-20-17(24)16-9-7-15(8-10-16)13-22-18(21-6-2)23-11-12-25-19(3,4)14-23;/h7-10H,5-6,11-14H2,1-4H3,(H,20,24)(H,21,22);1H. The van der Waals surface area contributed by atoms with Gasteiger partial charge in [-0.05, 0) is 45.4 Å². The summed E-state index contributed by atoms with van der Waals surface area (Å²) >= 11 is 2.02. The van der Waals surface area contributed by atoms with Crippen LogP contribution >= 0.6 is 35.7 Å². The first-order valence-electron chi connectivity index (χ1n) is 8.99. The number of halogens is 1. The van der Waals surface area contributed by atoms with E-state index >= 15 is 0 Å². The lowest BCUT2D eigenvalue weighted by atomic mass is 10.1. The van der Waals surface area contributed by atoms with Crippen LogP contribution in [0.3, 0.4) is 0 Å². The molecule has 7 heteroatoms. The minimum atomic E-state index is -0.0288. The van der Waals surface area contributed by atoms with Crippen LogP contribution in [0.1, 0.15) is 43.6 Å². The fourth-order valence-corrected chi connectivity index (χ4v) is 3.92. The maximum Gasteiger partial charge on any atom is 0.251 e. The molecular formula is C19H31IN4OS. The van der Waals surface area contributed by atoms with Crippen molar-refractivity contribution in [3.05, 3.63) is 35.4 Å². The first kappa shape index (κ1) is 23.1. The van der Waals surface area contributed by atoms with Crippen LogP contribution in [-0.4, -0.2) is 53.4 Å². The highest BCUT2D eigenvalue weighted by atomic mass is 127. The number of nitrogens with one attached hydrogen (secondary N) is 2.